The molecule has 9 heavy (non-hydrogen) atoms. The SMILES string of the molecule is CC(C)=O.[CH2-]C.[CH2-]C.[Y]. The van der Waals surface area contributed by atoms with Gasteiger partial charge in [0.25, 0.3) is 0 Å². The van der Waals surface area contributed by atoms with Gasteiger partial charge < -0.3 is 18.6 Å². The number of rotatable bonds is 0. The topological polar surface area (TPSA) is 17.1 Å². The molecule has 0 aromatic heterocycles. The quantitative estimate of drug-likeness (QED) is 0.554. The molecule has 0 heterocycles. The number of Topliss-reactive ketones (excluding diaryl/α,β-unsaturated/α-hetero) is 1. The fourth-order valence-electron chi connectivity index (χ4n) is 0. The molecule has 0 unspecified atom stereocenters. The van der Waals surface area contributed by atoms with Gasteiger partial charge in [-0.3, -0.25) is 0 Å². The van der Waals surface area contributed by atoms with Gasteiger partial charge in [0.2, 0.25) is 0 Å². The molecule has 1 nitrogen and oxygen atoms in total. The van der Waals surface area contributed by atoms with E-state index in [1.165, 1.54) is 13.8 Å². The predicted octanol–water partition coefficient (Wildman–Crippen LogP) is 2.27. The average Bonchev–Trinajstić information content (AvgIpc) is 1.75. The van der Waals surface area contributed by atoms with Crippen LogP contribution in [-0.4, -0.2) is 5.78 Å². The van der Waals surface area contributed by atoms with Gasteiger partial charge in [0.05, 0.1) is 0 Å². The van der Waals surface area contributed by atoms with Crippen LogP contribution in [0.4, 0.5) is 0 Å². The molecule has 0 fully saturated rings. The van der Waals surface area contributed by atoms with Crippen LogP contribution in [0.3, 0.4) is 0 Å². The van der Waals surface area contributed by atoms with Crippen molar-refractivity contribution in [1.82, 2.24) is 0 Å². The van der Waals surface area contributed by atoms with Gasteiger partial charge in [0, 0.05) is 32.7 Å². The van der Waals surface area contributed by atoms with Crippen LogP contribution in [0.5, 0.6) is 0 Å². The normalized spacial score (nSPS) is 4.22. The van der Waals surface area contributed by atoms with E-state index in [0.29, 0.717) is 0 Å². The van der Waals surface area contributed by atoms with Crippen molar-refractivity contribution in [2.45, 2.75) is 27.7 Å². The minimum atomic E-state index is 0. The Labute approximate surface area is 84.5 Å². The van der Waals surface area contributed by atoms with Crippen LogP contribution in [0.2, 0.25) is 0 Å². The summed E-state index contributed by atoms with van der Waals surface area (Å²) in [4.78, 5) is 9.44. The molecule has 0 atom stereocenters. The van der Waals surface area contributed by atoms with E-state index in [1.807, 2.05) is 0 Å². The second kappa shape index (κ2) is 37.2. The first-order valence-corrected chi connectivity index (χ1v) is 2.62. The molecule has 0 aromatic carbocycles. The Hall–Kier alpha value is 0.774. The molecule has 0 bridgehead atoms. The maximum atomic E-state index is 9.44. The van der Waals surface area contributed by atoms with Crippen molar-refractivity contribution < 1.29 is 37.5 Å². The molecule has 0 rings (SSSR count). The number of ketones is 1. The summed E-state index contributed by atoms with van der Waals surface area (Å²) in [6, 6.07) is 0. The maximum Gasteiger partial charge on any atom is 0.126 e. The van der Waals surface area contributed by atoms with Gasteiger partial charge in [0.15, 0.2) is 0 Å². The standard InChI is InChI=1S/C3H6O.2C2H5.Y/c1-3(2)4;2*1-2;/h1-2H3;2*1H2,2H3;/q;2*-1;. The van der Waals surface area contributed by atoms with Crippen molar-refractivity contribution >= 4 is 5.78 Å². The van der Waals surface area contributed by atoms with Crippen molar-refractivity contribution in [2.24, 2.45) is 0 Å². The molecular formula is C7H16OY-2. The van der Waals surface area contributed by atoms with Crippen molar-refractivity contribution in [2.75, 3.05) is 0 Å². The monoisotopic (exact) mass is 205 g/mol. The van der Waals surface area contributed by atoms with Crippen molar-refractivity contribution in [3.05, 3.63) is 13.8 Å². The van der Waals surface area contributed by atoms with Crippen molar-refractivity contribution in [3.63, 3.8) is 0 Å². The minimum absolute atomic E-state index is 0. The van der Waals surface area contributed by atoms with Gasteiger partial charge in [-0.25, -0.2) is 0 Å². The molecule has 0 aliphatic carbocycles. The summed E-state index contributed by atoms with van der Waals surface area (Å²) >= 11 is 0. The molecule has 0 spiro atoms. The van der Waals surface area contributed by atoms with Crippen molar-refractivity contribution in [3.8, 4) is 0 Å². The summed E-state index contributed by atoms with van der Waals surface area (Å²) in [5.74, 6) is 0.167. The van der Waals surface area contributed by atoms with E-state index in [4.69, 9.17) is 0 Å². The minimum Gasteiger partial charge on any atom is -0.346 e. The molecule has 0 aliphatic heterocycles. The zero-order valence-electron chi connectivity index (χ0n) is 6.90. The van der Waals surface area contributed by atoms with Gasteiger partial charge in [0.1, 0.15) is 5.78 Å². The van der Waals surface area contributed by atoms with E-state index >= 15 is 0 Å². The Morgan fingerprint density at radius 2 is 1.00 bits per heavy atom. The van der Waals surface area contributed by atoms with Crippen LogP contribution in [0.15, 0.2) is 0 Å². The summed E-state index contributed by atoms with van der Waals surface area (Å²) in [6.45, 7) is 13.1. The zero-order chi connectivity index (χ0) is 7.58. The van der Waals surface area contributed by atoms with Gasteiger partial charge in [-0.1, -0.05) is 0 Å². The Morgan fingerprint density at radius 1 is 1.00 bits per heavy atom. The smallest absolute Gasteiger partial charge is 0.126 e. The third-order valence-electron chi connectivity index (χ3n) is 0. The Kier molecular flexibility index (Phi) is 93.4. The van der Waals surface area contributed by atoms with Gasteiger partial charge >= 0.3 is 0 Å². The fraction of sp³-hybridized carbons (Fsp3) is 0.571. The summed E-state index contributed by atoms with van der Waals surface area (Å²) in [7, 11) is 0. The largest absolute Gasteiger partial charge is 0.346 e. The van der Waals surface area contributed by atoms with Crippen LogP contribution in [-0.2, 0) is 37.5 Å². The van der Waals surface area contributed by atoms with Crippen LogP contribution in [0, 0.1) is 13.8 Å². The number of hydrogen-bond donors (Lipinski definition) is 0. The molecule has 0 aromatic rings. The molecule has 0 N–H and O–H groups in total. The van der Waals surface area contributed by atoms with E-state index in [0.717, 1.165) is 0 Å². The van der Waals surface area contributed by atoms with E-state index < -0.39 is 0 Å². The summed E-state index contributed by atoms with van der Waals surface area (Å²) in [5, 5.41) is 0. The van der Waals surface area contributed by atoms with Crippen LogP contribution < -0.4 is 0 Å². The Balaban J connectivity index is -0.0000000221. The second-order valence-electron chi connectivity index (χ2n) is 0.908. The first kappa shape index (κ1) is 22.6. The zero-order valence-corrected chi connectivity index (χ0v) is 9.74. The summed E-state index contributed by atoms with van der Waals surface area (Å²) in [5.41, 5.74) is 0. The second-order valence-corrected chi connectivity index (χ2v) is 0.908. The number of hydrogen-bond acceptors (Lipinski definition) is 1. The van der Waals surface area contributed by atoms with Gasteiger partial charge in [-0.05, 0) is 13.8 Å². The van der Waals surface area contributed by atoms with E-state index in [1.54, 1.807) is 13.8 Å². The molecule has 55 valence electrons. The average molecular weight is 205 g/mol. The van der Waals surface area contributed by atoms with E-state index in [9.17, 15) is 4.79 Å². The van der Waals surface area contributed by atoms with Gasteiger partial charge in [-0.15, -0.1) is 0 Å². The summed E-state index contributed by atoms with van der Waals surface area (Å²) < 4.78 is 0. The molecule has 0 aliphatic rings. The third-order valence-corrected chi connectivity index (χ3v) is 0. The Morgan fingerprint density at radius 3 is 1.00 bits per heavy atom. The molecule has 2 heteroatoms. The van der Waals surface area contributed by atoms with Crippen LogP contribution >= 0.6 is 0 Å². The molecule has 1 radical (unpaired) electrons. The first-order valence-electron chi connectivity index (χ1n) is 2.62. The summed E-state index contributed by atoms with van der Waals surface area (Å²) in [6.07, 6.45) is 0. The van der Waals surface area contributed by atoms with Crippen molar-refractivity contribution in [1.29, 1.82) is 0 Å². The number of carbonyl (C=O) groups excluding carboxylic acids is 1. The number of carbonyl (C=O) groups is 1. The maximum absolute atomic E-state index is 9.44. The van der Waals surface area contributed by atoms with E-state index in [2.05, 4.69) is 13.8 Å². The fourth-order valence-corrected chi connectivity index (χ4v) is 0. The van der Waals surface area contributed by atoms with Crippen LogP contribution in [0.25, 0.3) is 0 Å². The van der Waals surface area contributed by atoms with Gasteiger partial charge in [-0.2, -0.15) is 13.8 Å². The predicted molar refractivity (Wildman–Crippen MR) is 38.4 cm³/mol. The van der Waals surface area contributed by atoms with E-state index in [-0.39, 0.29) is 38.5 Å². The molecule has 0 amide bonds. The first-order chi connectivity index (χ1) is 3.73. The molecule has 0 saturated heterocycles. The molecule has 0 saturated carbocycles. The van der Waals surface area contributed by atoms with Crippen LogP contribution in [0.1, 0.15) is 27.7 Å². The third kappa shape index (κ3) is 672. The Bertz CT molecular complexity index is 31.9. The molecular weight excluding hydrogens is 189 g/mol.